The van der Waals surface area contributed by atoms with E-state index in [0.717, 1.165) is 0 Å². The summed E-state index contributed by atoms with van der Waals surface area (Å²) >= 11 is -0.165. The lowest BCUT2D eigenvalue weighted by molar-refractivity contribution is -0.0328. The van der Waals surface area contributed by atoms with E-state index in [2.05, 4.69) is 0 Å². The molecule has 0 amide bonds. The molecule has 1 N–H and O–H groups in total. The fraction of sp³-hybridized carbons (Fsp3) is 0.143. The zero-order valence-electron chi connectivity index (χ0n) is 9.76. The molecular weight excluding hydrogens is 273 g/mol. The van der Waals surface area contributed by atoms with Gasteiger partial charge in [0.25, 0.3) is 0 Å². The van der Waals surface area contributed by atoms with Crippen LogP contribution in [0.4, 0.5) is 13.2 Å². The molecule has 0 spiro atoms. The molecule has 2 aromatic carbocycles. The summed E-state index contributed by atoms with van der Waals surface area (Å²) in [4.78, 5) is 0.108. The third-order valence-corrected chi connectivity index (χ3v) is 3.28. The van der Waals surface area contributed by atoms with Crippen molar-refractivity contribution in [3.8, 4) is 0 Å². The second-order valence-corrected chi connectivity index (χ2v) is 5.07. The van der Waals surface area contributed by atoms with Gasteiger partial charge in [0.2, 0.25) is 0 Å². The maximum atomic E-state index is 12.2. The second-order valence-electron chi connectivity index (χ2n) is 3.93. The van der Waals surface area contributed by atoms with Crippen molar-refractivity contribution in [2.75, 3.05) is 0 Å². The number of hydrogen-bond acceptors (Lipinski definition) is 2. The summed E-state index contributed by atoms with van der Waals surface area (Å²) in [5, 5.41) is 10.1. The lowest BCUT2D eigenvalue weighted by atomic mass is 10.0. The van der Waals surface area contributed by atoms with Crippen LogP contribution >= 0.6 is 11.8 Å². The summed E-state index contributed by atoms with van der Waals surface area (Å²) in [5.74, 6) is 0. The van der Waals surface area contributed by atoms with Crippen LogP contribution in [0.2, 0.25) is 0 Å². The molecule has 1 atom stereocenters. The first-order valence-corrected chi connectivity index (χ1v) is 6.36. The highest BCUT2D eigenvalue weighted by Crippen LogP contribution is 2.37. The first kappa shape index (κ1) is 14.0. The van der Waals surface area contributed by atoms with Crippen LogP contribution in [0.1, 0.15) is 17.2 Å². The van der Waals surface area contributed by atoms with E-state index in [1.807, 2.05) is 6.07 Å². The van der Waals surface area contributed by atoms with E-state index in [-0.39, 0.29) is 16.7 Å². The maximum absolute atomic E-state index is 12.2. The van der Waals surface area contributed by atoms with Gasteiger partial charge in [-0.1, -0.05) is 42.5 Å². The molecule has 0 aliphatic carbocycles. The number of benzene rings is 2. The average molecular weight is 284 g/mol. The summed E-state index contributed by atoms with van der Waals surface area (Å²) in [6.45, 7) is 0. The lowest BCUT2D eigenvalue weighted by Crippen LogP contribution is -2.01. The van der Waals surface area contributed by atoms with Crippen LogP contribution in [0.5, 0.6) is 0 Å². The molecule has 0 aliphatic heterocycles. The molecule has 1 unspecified atom stereocenters. The van der Waals surface area contributed by atoms with Gasteiger partial charge in [0.15, 0.2) is 0 Å². The summed E-state index contributed by atoms with van der Waals surface area (Å²) in [5.41, 5.74) is -3.02. The number of thioether (sulfide) groups is 1. The molecule has 0 heterocycles. The Kier molecular flexibility index (Phi) is 4.17. The molecule has 5 heteroatoms. The predicted octanol–water partition coefficient (Wildman–Crippen LogP) is 4.38. The van der Waals surface area contributed by atoms with Crippen LogP contribution in [-0.2, 0) is 0 Å². The van der Waals surface area contributed by atoms with Crippen LogP contribution in [0, 0.1) is 0 Å². The fourth-order valence-corrected chi connectivity index (χ4v) is 2.22. The number of halogens is 3. The normalized spacial score (nSPS) is 13.3. The van der Waals surface area contributed by atoms with Gasteiger partial charge in [0.05, 0.1) is 0 Å². The molecule has 0 saturated carbocycles. The second kappa shape index (κ2) is 5.67. The van der Waals surface area contributed by atoms with Crippen LogP contribution in [0.3, 0.4) is 0 Å². The molecule has 0 aromatic heterocycles. The first-order valence-electron chi connectivity index (χ1n) is 5.54. The Balaban J connectivity index is 2.15. The highest BCUT2D eigenvalue weighted by molar-refractivity contribution is 8.00. The van der Waals surface area contributed by atoms with E-state index < -0.39 is 11.6 Å². The molecule has 1 nitrogen and oxygen atoms in total. The van der Waals surface area contributed by atoms with E-state index in [9.17, 15) is 18.3 Å². The van der Waals surface area contributed by atoms with Crippen molar-refractivity contribution in [1.82, 2.24) is 0 Å². The zero-order valence-corrected chi connectivity index (χ0v) is 10.6. The minimum absolute atomic E-state index is 0.108. The van der Waals surface area contributed by atoms with Gasteiger partial charge in [-0.2, -0.15) is 13.2 Å². The Hall–Kier alpha value is -1.46. The largest absolute Gasteiger partial charge is 0.446 e. The number of hydrogen-bond donors (Lipinski definition) is 1. The third-order valence-electron chi connectivity index (χ3n) is 2.54. The van der Waals surface area contributed by atoms with Crippen LogP contribution < -0.4 is 0 Å². The van der Waals surface area contributed by atoms with Gasteiger partial charge in [-0.05, 0) is 35.0 Å². The number of aliphatic hydroxyl groups is 1. The fourth-order valence-electron chi connectivity index (χ4n) is 1.68. The van der Waals surface area contributed by atoms with E-state index >= 15 is 0 Å². The average Bonchev–Trinajstić information content (AvgIpc) is 2.38. The van der Waals surface area contributed by atoms with Gasteiger partial charge in [-0.15, -0.1) is 0 Å². The minimum Gasteiger partial charge on any atom is -0.384 e. The zero-order chi connectivity index (χ0) is 13.9. The molecule has 2 aromatic rings. The summed E-state index contributed by atoms with van der Waals surface area (Å²) in [6.07, 6.45) is -0.828. The van der Waals surface area contributed by atoms with Crippen molar-refractivity contribution in [2.24, 2.45) is 0 Å². The van der Waals surface area contributed by atoms with Crippen molar-refractivity contribution < 1.29 is 18.3 Å². The summed E-state index contributed by atoms with van der Waals surface area (Å²) in [6, 6.07) is 14.7. The summed E-state index contributed by atoms with van der Waals surface area (Å²) < 4.78 is 36.5. The number of aliphatic hydroxyl groups excluding tert-OH is 1. The molecule has 19 heavy (non-hydrogen) atoms. The number of alkyl halides is 3. The quantitative estimate of drug-likeness (QED) is 0.844. The Labute approximate surface area is 113 Å². The van der Waals surface area contributed by atoms with Gasteiger partial charge in [-0.25, -0.2) is 0 Å². The van der Waals surface area contributed by atoms with Gasteiger partial charge < -0.3 is 5.11 Å². The Bertz CT molecular complexity index is 523. The van der Waals surface area contributed by atoms with Gasteiger partial charge in [0.1, 0.15) is 6.10 Å². The van der Waals surface area contributed by atoms with E-state index in [1.54, 1.807) is 24.3 Å². The van der Waals surface area contributed by atoms with Crippen molar-refractivity contribution in [3.05, 3.63) is 65.7 Å². The van der Waals surface area contributed by atoms with Crippen LogP contribution in [0.25, 0.3) is 0 Å². The molecule has 0 fully saturated rings. The first-order chi connectivity index (χ1) is 8.96. The molecule has 0 saturated heterocycles. The molecule has 0 radical (unpaired) electrons. The standard InChI is InChI=1S/C14H11F3OS/c15-14(16,17)19-12-8-6-11(7-9-12)13(18)10-4-2-1-3-5-10/h1-9,13,18H. The summed E-state index contributed by atoms with van der Waals surface area (Å²) in [7, 11) is 0. The molecular formula is C14H11F3OS. The Morgan fingerprint density at radius 3 is 1.89 bits per heavy atom. The maximum Gasteiger partial charge on any atom is 0.446 e. The highest BCUT2D eigenvalue weighted by Gasteiger charge is 2.29. The van der Waals surface area contributed by atoms with E-state index in [4.69, 9.17) is 0 Å². The Morgan fingerprint density at radius 1 is 0.842 bits per heavy atom. The molecule has 0 bridgehead atoms. The van der Waals surface area contributed by atoms with E-state index in [0.29, 0.717) is 11.1 Å². The van der Waals surface area contributed by atoms with Gasteiger partial charge >= 0.3 is 5.51 Å². The van der Waals surface area contributed by atoms with Crippen molar-refractivity contribution in [1.29, 1.82) is 0 Å². The molecule has 2 rings (SSSR count). The third kappa shape index (κ3) is 4.01. The number of rotatable bonds is 3. The van der Waals surface area contributed by atoms with E-state index in [1.165, 1.54) is 24.3 Å². The minimum atomic E-state index is -4.29. The lowest BCUT2D eigenvalue weighted by Gasteiger charge is -2.12. The highest BCUT2D eigenvalue weighted by atomic mass is 32.2. The Morgan fingerprint density at radius 2 is 1.37 bits per heavy atom. The van der Waals surface area contributed by atoms with Crippen LogP contribution in [0.15, 0.2) is 59.5 Å². The van der Waals surface area contributed by atoms with Crippen molar-refractivity contribution >= 4 is 11.8 Å². The SMILES string of the molecule is OC(c1ccccc1)c1ccc(SC(F)(F)F)cc1. The van der Waals surface area contributed by atoms with Gasteiger partial charge in [0, 0.05) is 4.90 Å². The predicted molar refractivity (Wildman–Crippen MR) is 68.9 cm³/mol. The monoisotopic (exact) mass is 284 g/mol. The molecule has 100 valence electrons. The van der Waals surface area contributed by atoms with Crippen LogP contribution in [-0.4, -0.2) is 10.6 Å². The van der Waals surface area contributed by atoms with Crippen molar-refractivity contribution in [3.63, 3.8) is 0 Å². The smallest absolute Gasteiger partial charge is 0.384 e. The topological polar surface area (TPSA) is 20.2 Å². The van der Waals surface area contributed by atoms with Crippen molar-refractivity contribution in [2.45, 2.75) is 16.5 Å². The molecule has 0 aliphatic rings. The van der Waals surface area contributed by atoms with Gasteiger partial charge in [-0.3, -0.25) is 0 Å².